The molecule has 1 N–H and O–H groups in total. The van der Waals surface area contributed by atoms with Crippen LogP contribution in [0.1, 0.15) is 12.8 Å². The second kappa shape index (κ2) is 6.26. The third-order valence-electron chi connectivity index (χ3n) is 3.14. The van der Waals surface area contributed by atoms with Gasteiger partial charge in [-0.05, 0) is 25.0 Å². The molecular formula is C13H19NO3S2. The van der Waals surface area contributed by atoms with Crippen LogP contribution in [0.4, 0.5) is 0 Å². The van der Waals surface area contributed by atoms with Crippen molar-refractivity contribution in [1.82, 2.24) is 4.72 Å². The highest BCUT2D eigenvalue weighted by Crippen LogP contribution is 2.40. The van der Waals surface area contributed by atoms with Crippen molar-refractivity contribution in [2.75, 3.05) is 26.0 Å². The maximum absolute atomic E-state index is 11.3. The number of nitrogens with one attached hydrogen (secondary N) is 1. The van der Waals surface area contributed by atoms with E-state index in [-0.39, 0.29) is 4.75 Å². The van der Waals surface area contributed by atoms with Gasteiger partial charge < -0.3 is 4.74 Å². The standard InChI is InChI=1S/C13H19NO3S2/c1-19(15,16)14-11-13(7-9-17-10-8-13)18-12-5-3-2-4-6-12/h2-6,14H,7-11H2,1H3. The molecule has 0 spiro atoms. The van der Waals surface area contributed by atoms with Crippen molar-refractivity contribution in [3.8, 4) is 0 Å². The van der Waals surface area contributed by atoms with Gasteiger partial charge in [0.05, 0.1) is 6.26 Å². The van der Waals surface area contributed by atoms with E-state index >= 15 is 0 Å². The molecule has 106 valence electrons. The molecule has 0 amide bonds. The van der Waals surface area contributed by atoms with Gasteiger partial charge in [-0.3, -0.25) is 0 Å². The maximum atomic E-state index is 11.3. The summed E-state index contributed by atoms with van der Waals surface area (Å²) in [5, 5.41) is 0. The molecule has 1 aliphatic rings. The number of hydrogen-bond acceptors (Lipinski definition) is 4. The van der Waals surface area contributed by atoms with Gasteiger partial charge in [-0.2, -0.15) is 0 Å². The van der Waals surface area contributed by atoms with Crippen molar-refractivity contribution in [2.24, 2.45) is 0 Å². The number of thioether (sulfide) groups is 1. The third kappa shape index (κ3) is 4.80. The first-order valence-corrected chi connectivity index (χ1v) is 8.96. The van der Waals surface area contributed by atoms with Crippen molar-refractivity contribution >= 4 is 21.8 Å². The van der Waals surface area contributed by atoms with E-state index in [2.05, 4.69) is 16.9 Å². The molecule has 1 heterocycles. The molecule has 0 saturated carbocycles. The highest BCUT2D eigenvalue weighted by Gasteiger charge is 2.34. The Hall–Kier alpha value is -0.560. The van der Waals surface area contributed by atoms with E-state index < -0.39 is 10.0 Å². The molecule has 6 heteroatoms. The molecule has 4 nitrogen and oxygen atoms in total. The Bertz CT molecular complexity index is 496. The number of ether oxygens (including phenoxy) is 1. The molecule has 1 saturated heterocycles. The first-order chi connectivity index (χ1) is 8.99. The van der Waals surface area contributed by atoms with Gasteiger partial charge in [-0.15, -0.1) is 11.8 Å². The monoisotopic (exact) mass is 301 g/mol. The highest BCUT2D eigenvalue weighted by molar-refractivity contribution is 8.00. The molecule has 0 aliphatic carbocycles. The van der Waals surface area contributed by atoms with Gasteiger partial charge in [0.1, 0.15) is 0 Å². The van der Waals surface area contributed by atoms with Crippen LogP contribution in [0.25, 0.3) is 0 Å². The number of benzene rings is 1. The molecular weight excluding hydrogens is 282 g/mol. The molecule has 2 rings (SSSR count). The number of rotatable bonds is 5. The van der Waals surface area contributed by atoms with Gasteiger partial charge in [-0.25, -0.2) is 13.1 Å². The van der Waals surface area contributed by atoms with Crippen LogP contribution in [-0.4, -0.2) is 39.2 Å². The van der Waals surface area contributed by atoms with E-state index in [4.69, 9.17) is 4.74 Å². The molecule has 1 fully saturated rings. The fraction of sp³-hybridized carbons (Fsp3) is 0.538. The van der Waals surface area contributed by atoms with Crippen LogP contribution < -0.4 is 4.72 Å². The largest absolute Gasteiger partial charge is 0.381 e. The Morgan fingerprint density at radius 1 is 1.26 bits per heavy atom. The van der Waals surface area contributed by atoms with Crippen LogP contribution >= 0.6 is 11.8 Å². The van der Waals surface area contributed by atoms with Gasteiger partial charge in [0.2, 0.25) is 10.0 Å². The van der Waals surface area contributed by atoms with Crippen molar-refractivity contribution in [3.63, 3.8) is 0 Å². The first kappa shape index (κ1) is 14.8. The Morgan fingerprint density at radius 2 is 1.89 bits per heavy atom. The summed E-state index contributed by atoms with van der Waals surface area (Å²) in [6.45, 7) is 1.82. The van der Waals surface area contributed by atoms with Crippen molar-refractivity contribution < 1.29 is 13.2 Å². The quantitative estimate of drug-likeness (QED) is 0.902. The van der Waals surface area contributed by atoms with Crippen molar-refractivity contribution in [3.05, 3.63) is 30.3 Å². The zero-order valence-corrected chi connectivity index (χ0v) is 12.6. The minimum Gasteiger partial charge on any atom is -0.381 e. The predicted octanol–water partition coefficient (Wildman–Crippen LogP) is 1.88. The molecule has 1 aromatic rings. The summed E-state index contributed by atoms with van der Waals surface area (Å²) >= 11 is 1.75. The van der Waals surface area contributed by atoms with Gasteiger partial charge in [0.25, 0.3) is 0 Å². The molecule has 0 aromatic heterocycles. The minimum absolute atomic E-state index is 0.108. The molecule has 19 heavy (non-hydrogen) atoms. The average molecular weight is 301 g/mol. The van der Waals surface area contributed by atoms with Crippen LogP contribution in [0, 0.1) is 0 Å². The summed E-state index contributed by atoms with van der Waals surface area (Å²) in [7, 11) is -3.16. The number of hydrogen-bond donors (Lipinski definition) is 1. The lowest BCUT2D eigenvalue weighted by molar-refractivity contribution is 0.0784. The second-order valence-electron chi connectivity index (χ2n) is 4.80. The van der Waals surface area contributed by atoms with Crippen molar-refractivity contribution in [1.29, 1.82) is 0 Å². The normalized spacial score (nSPS) is 19.2. The smallest absolute Gasteiger partial charge is 0.208 e. The highest BCUT2D eigenvalue weighted by atomic mass is 32.2. The lowest BCUT2D eigenvalue weighted by atomic mass is 9.99. The lowest BCUT2D eigenvalue weighted by Crippen LogP contribution is -2.44. The minimum atomic E-state index is -3.16. The SMILES string of the molecule is CS(=O)(=O)NCC1(Sc2ccccc2)CCOCC1. The van der Waals surface area contributed by atoms with E-state index in [9.17, 15) is 8.42 Å². The van der Waals surface area contributed by atoms with Crippen LogP contribution in [0.2, 0.25) is 0 Å². The second-order valence-corrected chi connectivity index (χ2v) is 8.18. The van der Waals surface area contributed by atoms with Crippen molar-refractivity contribution in [2.45, 2.75) is 22.5 Å². The fourth-order valence-electron chi connectivity index (χ4n) is 2.06. The Balaban J connectivity index is 2.10. The Morgan fingerprint density at radius 3 is 2.47 bits per heavy atom. The Labute approximate surface area is 119 Å². The van der Waals surface area contributed by atoms with E-state index in [0.717, 1.165) is 12.8 Å². The molecule has 1 aromatic carbocycles. The third-order valence-corrected chi connectivity index (χ3v) is 5.30. The van der Waals surface area contributed by atoms with Crippen LogP contribution in [0.5, 0.6) is 0 Å². The molecule has 0 bridgehead atoms. The van der Waals surface area contributed by atoms with Gasteiger partial charge in [0.15, 0.2) is 0 Å². The van der Waals surface area contributed by atoms with Crippen LogP contribution in [-0.2, 0) is 14.8 Å². The van der Waals surface area contributed by atoms with E-state index in [1.54, 1.807) is 11.8 Å². The molecule has 0 atom stereocenters. The van der Waals surface area contributed by atoms with E-state index in [1.165, 1.54) is 11.2 Å². The van der Waals surface area contributed by atoms with Gasteiger partial charge in [-0.1, -0.05) is 18.2 Å². The maximum Gasteiger partial charge on any atom is 0.208 e. The predicted molar refractivity (Wildman–Crippen MR) is 77.9 cm³/mol. The Kier molecular flexibility index (Phi) is 4.89. The first-order valence-electron chi connectivity index (χ1n) is 6.26. The fourth-order valence-corrected chi connectivity index (χ4v) is 4.00. The lowest BCUT2D eigenvalue weighted by Gasteiger charge is -2.36. The average Bonchev–Trinajstić information content (AvgIpc) is 2.38. The topological polar surface area (TPSA) is 55.4 Å². The summed E-state index contributed by atoms with van der Waals surface area (Å²) in [6.07, 6.45) is 2.91. The summed E-state index contributed by atoms with van der Waals surface area (Å²) in [5.41, 5.74) is 0. The summed E-state index contributed by atoms with van der Waals surface area (Å²) in [6, 6.07) is 10.1. The zero-order valence-electron chi connectivity index (χ0n) is 11.0. The molecule has 1 aliphatic heterocycles. The molecule has 0 unspecified atom stereocenters. The van der Waals surface area contributed by atoms with Crippen LogP contribution in [0.15, 0.2) is 35.2 Å². The number of sulfonamides is 1. The molecule has 0 radical (unpaired) electrons. The van der Waals surface area contributed by atoms with Gasteiger partial charge >= 0.3 is 0 Å². The van der Waals surface area contributed by atoms with E-state index in [1.807, 2.05) is 18.2 Å². The zero-order chi connectivity index (χ0) is 13.8. The van der Waals surface area contributed by atoms with Gasteiger partial charge in [0, 0.05) is 29.4 Å². The summed E-state index contributed by atoms with van der Waals surface area (Å²) in [5.74, 6) is 0. The summed E-state index contributed by atoms with van der Waals surface area (Å²) < 4.78 is 30.6. The van der Waals surface area contributed by atoms with E-state index in [0.29, 0.717) is 19.8 Å². The summed E-state index contributed by atoms with van der Waals surface area (Å²) in [4.78, 5) is 1.17. The van der Waals surface area contributed by atoms with Crippen LogP contribution in [0.3, 0.4) is 0 Å².